The summed E-state index contributed by atoms with van der Waals surface area (Å²) in [6.45, 7) is 2.61. The number of halogens is 1. The molecule has 0 aromatic carbocycles. The molecular formula is C6H11ClO3S. The summed E-state index contributed by atoms with van der Waals surface area (Å²) in [4.78, 5) is 0. The molecule has 0 aromatic heterocycles. The van der Waals surface area contributed by atoms with Crippen molar-refractivity contribution in [1.29, 1.82) is 0 Å². The van der Waals surface area contributed by atoms with Crippen LogP contribution in [0.25, 0.3) is 0 Å². The van der Waals surface area contributed by atoms with Gasteiger partial charge in [-0.15, -0.1) is 0 Å². The predicted octanol–water partition coefficient (Wildman–Crippen LogP) is 1.12. The van der Waals surface area contributed by atoms with Crippen LogP contribution >= 0.6 is 10.7 Å². The Morgan fingerprint density at radius 3 is 2.36 bits per heavy atom. The van der Waals surface area contributed by atoms with Crippen molar-refractivity contribution >= 4 is 19.7 Å². The van der Waals surface area contributed by atoms with Gasteiger partial charge < -0.3 is 4.74 Å². The lowest BCUT2D eigenvalue weighted by Gasteiger charge is -2.09. The maximum Gasteiger partial charge on any atom is 0.240 e. The zero-order valence-electron chi connectivity index (χ0n) is 6.34. The van der Waals surface area contributed by atoms with Crippen LogP contribution < -0.4 is 0 Å². The van der Waals surface area contributed by atoms with Gasteiger partial charge in [0.2, 0.25) is 9.05 Å². The molecule has 0 aliphatic heterocycles. The molecule has 1 aliphatic carbocycles. The van der Waals surface area contributed by atoms with E-state index in [2.05, 4.69) is 0 Å². The highest BCUT2D eigenvalue weighted by molar-refractivity contribution is 8.15. The minimum atomic E-state index is -3.42. The lowest BCUT2D eigenvalue weighted by molar-refractivity contribution is 0.143. The van der Waals surface area contributed by atoms with Crippen LogP contribution in [0.2, 0.25) is 0 Å². The molecule has 1 fully saturated rings. The summed E-state index contributed by atoms with van der Waals surface area (Å²) in [7, 11) is 1.80. The van der Waals surface area contributed by atoms with Crippen LogP contribution in [0.4, 0.5) is 0 Å². The van der Waals surface area contributed by atoms with Crippen molar-refractivity contribution < 1.29 is 13.2 Å². The third-order valence-electron chi connectivity index (χ3n) is 1.89. The molecule has 1 saturated carbocycles. The molecule has 0 spiro atoms. The van der Waals surface area contributed by atoms with Crippen molar-refractivity contribution in [3.05, 3.63) is 0 Å². The summed E-state index contributed by atoms with van der Waals surface area (Å²) in [6, 6.07) is 0. The molecule has 0 bridgehead atoms. The molecule has 5 heteroatoms. The van der Waals surface area contributed by atoms with Gasteiger partial charge in [-0.1, -0.05) is 0 Å². The lowest BCUT2D eigenvalue weighted by atomic mass is 10.4. The molecule has 0 atom stereocenters. The van der Waals surface area contributed by atoms with Gasteiger partial charge >= 0.3 is 0 Å². The van der Waals surface area contributed by atoms with E-state index < -0.39 is 13.8 Å². The minimum absolute atomic E-state index is 0.245. The van der Waals surface area contributed by atoms with E-state index in [9.17, 15) is 8.42 Å². The van der Waals surface area contributed by atoms with Crippen molar-refractivity contribution in [3.8, 4) is 0 Å². The molecule has 0 amide bonds. The molecular weight excluding hydrogens is 188 g/mol. The van der Waals surface area contributed by atoms with Gasteiger partial charge in [-0.05, 0) is 19.8 Å². The van der Waals surface area contributed by atoms with E-state index in [4.69, 9.17) is 15.4 Å². The second kappa shape index (κ2) is 2.92. The Morgan fingerprint density at radius 1 is 1.55 bits per heavy atom. The van der Waals surface area contributed by atoms with Gasteiger partial charge in [0.05, 0.1) is 6.61 Å². The monoisotopic (exact) mass is 198 g/mol. The Hall–Kier alpha value is 0.200. The van der Waals surface area contributed by atoms with E-state index >= 15 is 0 Å². The minimum Gasteiger partial charge on any atom is -0.380 e. The van der Waals surface area contributed by atoms with E-state index in [1.54, 1.807) is 0 Å². The maximum atomic E-state index is 10.9. The average molecular weight is 199 g/mol. The van der Waals surface area contributed by atoms with Crippen molar-refractivity contribution in [3.63, 3.8) is 0 Å². The fourth-order valence-corrected chi connectivity index (χ4v) is 2.30. The summed E-state index contributed by atoms with van der Waals surface area (Å²) in [6.07, 6.45) is 1.28. The Balaban J connectivity index is 2.55. The van der Waals surface area contributed by atoms with Gasteiger partial charge in [-0.3, -0.25) is 0 Å². The second-order valence-corrected chi connectivity index (χ2v) is 5.72. The molecule has 1 aliphatic rings. The Bertz CT molecular complexity index is 230. The van der Waals surface area contributed by atoms with Crippen LogP contribution in [0, 0.1) is 0 Å². The van der Waals surface area contributed by atoms with Crippen LogP contribution in [-0.2, 0) is 13.8 Å². The summed E-state index contributed by atoms with van der Waals surface area (Å²) in [5.74, 6) is 0. The zero-order valence-corrected chi connectivity index (χ0v) is 7.91. The number of hydrogen-bond acceptors (Lipinski definition) is 3. The van der Waals surface area contributed by atoms with Crippen LogP contribution in [0.3, 0.4) is 0 Å². The molecule has 0 saturated heterocycles. The first kappa shape index (κ1) is 9.29. The third-order valence-corrected chi connectivity index (χ3v) is 4.44. The van der Waals surface area contributed by atoms with Crippen molar-refractivity contribution in [2.24, 2.45) is 0 Å². The Morgan fingerprint density at radius 2 is 2.09 bits per heavy atom. The molecule has 0 radical (unpaired) electrons. The largest absolute Gasteiger partial charge is 0.380 e. The lowest BCUT2D eigenvalue weighted by Crippen LogP contribution is -2.24. The molecule has 0 unspecified atom stereocenters. The highest BCUT2D eigenvalue weighted by Gasteiger charge is 2.54. The highest BCUT2D eigenvalue weighted by atomic mass is 35.7. The topological polar surface area (TPSA) is 43.4 Å². The average Bonchev–Trinajstić information content (AvgIpc) is 2.61. The van der Waals surface area contributed by atoms with Gasteiger partial charge in [0.15, 0.2) is 0 Å². The summed E-state index contributed by atoms with van der Waals surface area (Å²) in [5.41, 5.74) is 0. The number of ether oxygens (including phenoxy) is 1. The molecule has 0 heterocycles. The van der Waals surface area contributed by atoms with Crippen molar-refractivity contribution in [1.82, 2.24) is 0 Å². The van der Waals surface area contributed by atoms with E-state index in [0.29, 0.717) is 19.4 Å². The van der Waals surface area contributed by atoms with Crippen LogP contribution in [0.5, 0.6) is 0 Å². The van der Waals surface area contributed by atoms with Crippen LogP contribution in [0.1, 0.15) is 19.8 Å². The van der Waals surface area contributed by atoms with Crippen molar-refractivity contribution in [2.75, 3.05) is 13.2 Å². The normalized spacial score (nSPS) is 21.6. The highest BCUT2D eigenvalue weighted by Crippen LogP contribution is 2.45. The van der Waals surface area contributed by atoms with E-state index in [1.807, 2.05) is 6.92 Å². The van der Waals surface area contributed by atoms with Gasteiger partial charge in [-0.2, -0.15) is 0 Å². The molecule has 1 rings (SSSR count). The molecule has 66 valence electrons. The Kier molecular flexibility index (Phi) is 2.46. The van der Waals surface area contributed by atoms with E-state index in [0.717, 1.165) is 0 Å². The van der Waals surface area contributed by atoms with E-state index in [1.165, 1.54) is 0 Å². The third kappa shape index (κ3) is 1.86. The first-order valence-electron chi connectivity index (χ1n) is 3.54. The number of hydrogen-bond donors (Lipinski definition) is 0. The molecule has 0 N–H and O–H groups in total. The molecule has 3 nitrogen and oxygen atoms in total. The van der Waals surface area contributed by atoms with E-state index in [-0.39, 0.29) is 6.61 Å². The zero-order chi connectivity index (χ0) is 8.54. The first-order chi connectivity index (χ1) is 5.02. The predicted molar refractivity (Wildman–Crippen MR) is 43.2 cm³/mol. The summed E-state index contributed by atoms with van der Waals surface area (Å²) >= 11 is 0. The fraction of sp³-hybridized carbons (Fsp3) is 1.00. The fourth-order valence-electron chi connectivity index (χ4n) is 0.886. The second-order valence-electron chi connectivity index (χ2n) is 2.76. The first-order valence-corrected chi connectivity index (χ1v) is 5.85. The summed E-state index contributed by atoms with van der Waals surface area (Å²) < 4.78 is 26.1. The van der Waals surface area contributed by atoms with Gasteiger partial charge in [0.25, 0.3) is 0 Å². The molecule has 0 aromatic rings. The smallest absolute Gasteiger partial charge is 0.240 e. The number of rotatable bonds is 4. The standard InChI is InChI=1S/C6H11ClO3S/c1-2-10-5-6(3-4-6)11(7,8)9/h2-5H2,1H3. The quantitative estimate of drug-likeness (QED) is 0.636. The summed E-state index contributed by atoms with van der Waals surface area (Å²) in [5, 5.41) is 0. The maximum absolute atomic E-state index is 10.9. The van der Waals surface area contributed by atoms with Crippen molar-refractivity contribution in [2.45, 2.75) is 24.5 Å². The SMILES string of the molecule is CCOCC1(S(=O)(=O)Cl)CC1. The van der Waals surface area contributed by atoms with Gasteiger partial charge in [0, 0.05) is 17.3 Å². The van der Waals surface area contributed by atoms with Crippen LogP contribution in [0.15, 0.2) is 0 Å². The van der Waals surface area contributed by atoms with Gasteiger partial charge in [-0.25, -0.2) is 8.42 Å². The van der Waals surface area contributed by atoms with Crippen LogP contribution in [-0.4, -0.2) is 26.4 Å². The molecule has 11 heavy (non-hydrogen) atoms. The van der Waals surface area contributed by atoms with Gasteiger partial charge in [0.1, 0.15) is 4.75 Å². The Labute approximate surface area is 71.1 Å².